The summed E-state index contributed by atoms with van der Waals surface area (Å²) in [5.74, 6) is 0.430. The Morgan fingerprint density at radius 1 is 0.577 bits per heavy atom. The fraction of sp³-hybridized carbons (Fsp3) is 0.0417. The van der Waals surface area contributed by atoms with Crippen molar-refractivity contribution in [3.8, 4) is 28.0 Å². The number of benzene rings is 4. The summed E-state index contributed by atoms with van der Waals surface area (Å²) in [6, 6.07) is 25.5. The second-order valence-corrected chi connectivity index (χ2v) is 6.66. The van der Waals surface area contributed by atoms with Gasteiger partial charge in [0.15, 0.2) is 5.78 Å². The number of Topliss-reactive ketones (excluding diaryl/α,β-unsaturated/α-hetero) is 1. The molecule has 1 N–H and O–H groups in total. The molecule has 5 rings (SSSR count). The van der Waals surface area contributed by atoms with E-state index in [9.17, 15) is 9.90 Å². The van der Waals surface area contributed by atoms with Crippen LogP contribution in [-0.2, 0) is 6.42 Å². The molecule has 0 saturated heterocycles. The monoisotopic (exact) mass is 336 g/mol. The minimum Gasteiger partial charge on any atom is -0.507 e. The first-order valence-corrected chi connectivity index (χ1v) is 8.69. The highest BCUT2D eigenvalue weighted by Gasteiger charge is 2.24. The van der Waals surface area contributed by atoms with Crippen LogP contribution in [0.25, 0.3) is 33.0 Å². The molecule has 0 bridgehead atoms. The minimum atomic E-state index is 0.156. The maximum Gasteiger partial charge on any atom is 0.167 e. The van der Waals surface area contributed by atoms with E-state index >= 15 is 0 Å². The lowest BCUT2D eigenvalue weighted by molar-refractivity contribution is 0.0992. The molecule has 0 saturated carbocycles. The van der Waals surface area contributed by atoms with E-state index in [0.29, 0.717) is 6.42 Å². The Kier molecular flexibility index (Phi) is 3.19. The average Bonchev–Trinajstić information content (AvgIpc) is 2.68. The quantitative estimate of drug-likeness (QED) is 0.490. The Morgan fingerprint density at radius 3 is 2.00 bits per heavy atom. The molecule has 26 heavy (non-hydrogen) atoms. The van der Waals surface area contributed by atoms with Gasteiger partial charge in [0.2, 0.25) is 0 Å². The van der Waals surface area contributed by atoms with Gasteiger partial charge in [-0.3, -0.25) is 4.79 Å². The molecule has 1 aliphatic carbocycles. The van der Waals surface area contributed by atoms with Gasteiger partial charge in [0, 0.05) is 17.4 Å². The molecule has 0 amide bonds. The molecule has 4 aromatic rings. The Labute approximate surface area is 151 Å². The highest BCUT2D eigenvalue weighted by molar-refractivity contribution is 6.10. The van der Waals surface area contributed by atoms with Crippen LogP contribution in [0.5, 0.6) is 5.75 Å². The van der Waals surface area contributed by atoms with Gasteiger partial charge in [-0.25, -0.2) is 0 Å². The van der Waals surface area contributed by atoms with Gasteiger partial charge >= 0.3 is 0 Å². The summed E-state index contributed by atoms with van der Waals surface area (Å²) in [7, 11) is 0. The fourth-order valence-electron chi connectivity index (χ4n) is 4.03. The molecule has 1 aliphatic rings. The third-order valence-corrected chi connectivity index (χ3v) is 5.22. The van der Waals surface area contributed by atoms with E-state index < -0.39 is 0 Å². The van der Waals surface area contributed by atoms with E-state index in [1.165, 1.54) is 0 Å². The number of hydrogen-bond acceptors (Lipinski definition) is 2. The molecule has 0 aromatic heterocycles. The van der Waals surface area contributed by atoms with Gasteiger partial charge in [-0.2, -0.15) is 0 Å². The van der Waals surface area contributed by atoms with Gasteiger partial charge in [-0.15, -0.1) is 0 Å². The summed E-state index contributed by atoms with van der Waals surface area (Å²) in [5, 5.41) is 12.0. The summed E-state index contributed by atoms with van der Waals surface area (Å²) >= 11 is 0. The fourth-order valence-corrected chi connectivity index (χ4v) is 4.03. The highest BCUT2D eigenvalue weighted by atomic mass is 16.3. The number of aromatic hydroxyl groups is 1. The standard InChI is InChI=1S/C24H16O2/c25-23-13-5-11-17-15(8-4-12-20(17)23)18-9-3-10-19-16-6-1-2-7-21(16)24(26)14-22(18)19/h1-13,25H,14H2. The van der Waals surface area contributed by atoms with Crippen LogP contribution in [0.3, 0.4) is 0 Å². The van der Waals surface area contributed by atoms with Crippen molar-refractivity contribution >= 4 is 16.6 Å². The average molecular weight is 336 g/mol. The summed E-state index contributed by atoms with van der Waals surface area (Å²) < 4.78 is 0. The first kappa shape index (κ1) is 14.9. The summed E-state index contributed by atoms with van der Waals surface area (Å²) in [6.07, 6.45) is 0.401. The molecule has 0 atom stereocenters. The summed E-state index contributed by atoms with van der Waals surface area (Å²) in [4.78, 5) is 12.7. The van der Waals surface area contributed by atoms with E-state index in [2.05, 4.69) is 18.2 Å². The normalized spacial score (nSPS) is 12.7. The van der Waals surface area contributed by atoms with Crippen LogP contribution in [0, 0.1) is 0 Å². The summed E-state index contributed by atoms with van der Waals surface area (Å²) in [6.45, 7) is 0. The number of carbonyl (C=O) groups is 1. The predicted molar refractivity (Wildman–Crippen MR) is 105 cm³/mol. The van der Waals surface area contributed by atoms with Crippen molar-refractivity contribution in [1.82, 2.24) is 0 Å². The lowest BCUT2D eigenvalue weighted by atomic mass is 9.80. The third-order valence-electron chi connectivity index (χ3n) is 5.22. The van der Waals surface area contributed by atoms with Crippen molar-refractivity contribution in [2.45, 2.75) is 6.42 Å². The maximum atomic E-state index is 12.7. The number of ketones is 1. The van der Waals surface area contributed by atoms with Crippen LogP contribution >= 0.6 is 0 Å². The zero-order valence-corrected chi connectivity index (χ0v) is 14.1. The van der Waals surface area contributed by atoms with Crippen LogP contribution in [0.15, 0.2) is 78.9 Å². The molecule has 2 heteroatoms. The molecular formula is C24H16O2. The number of hydrogen-bond donors (Lipinski definition) is 1. The Bertz CT molecular complexity index is 1190. The molecule has 0 fully saturated rings. The molecule has 124 valence electrons. The van der Waals surface area contributed by atoms with Crippen LogP contribution in [-0.4, -0.2) is 10.9 Å². The number of fused-ring (bicyclic) bond motifs is 4. The van der Waals surface area contributed by atoms with Gasteiger partial charge in [-0.05, 0) is 39.3 Å². The van der Waals surface area contributed by atoms with E-state index in [-0.39, 0.29) is 11.5 Å². The van der Waals surface area contributed by atoms with Gasteiger partial charge in [0.05, 0.1) is 0 Å². The molecule has 0 heterocycles. The minimum absolute atomic E-state index is 0.156. The Balaban J connectivity index is 1.83. The van der Waals surface area contributed by atoms with Crippen molar-refractivity contribution in [2.24, 2.45) is 0 Å². The zero-order chi connectivity index (χ0) is 17.7. The number of rotatable bonds is 1. The van der Waals surface area contributed by atoms with E-state index in [1.807, 2.05) is 54.6 Å². The second-order valence-electron chi connectivity index (χ2n) is 6.66. The zero-order valence-electron chi connectivity index (χ0n) is 14.1. The van der Waals surface area contributed by atoms with Crippen molar-refractivity contribution < 1.29 is 9.90 Å². The van der Waals surface area contributed by atoms with Gasteiger partial charge in [-0.1, -0.05) is 72.8 Å². The van der Waals surface area contributed by atoms with E-state index in [0.717, 1.165) is 44.2 Å². The SMILES string of the molecule is O=C1Cc2c(cccc2-c2cccc3c(O)cccc23)-c2ccccc21. The Hall–Kier alpha value is -3.39. The predicted octanol–water partition coefficient (Wildman–Crippen LogP) is 5.62. The summed E-state index contributed by atoms with van der Waals surface area (Å²) in [5.41, 5.74) is 6.09. The van der Waals surface area contributed by atoms with Crippen LogP contribution in [0.1, 0.15) is 15.9 Å². The first-order chi connectivity index (χ1) is 12.7. The van der Waals surface area contributed by atoms with Crippen LogP contribution in [0.2, 0.25) is 0 Å². The molecule has 0 spiro atoms. The van der Waals surface area contributed by atoms with Crippen molar-refractivity contribution in [3.63, 3.8) is 0 Å². The highest BCUT2D eigenvalue weighted by Crippen LogP contribution is 2.41. The first-order valence-electron chi connectivity index (χ1n) is 8.69. The van der Waals surface area contributed by atoms with E-state index in [4.69, 9.17) is 0 Å². The van der Waals surface area contributed by atoms with Crippen molar-refractivity contribution in [2.75, 3.05) is 0 Å². The largest absolute Gasteiger partial charge is 0.507 e. The number of phenolic OH excluding ortho intramolecular Hbond substituents is 1. The Morgan fingerprint density at radius 2 is 1.15 bits per heavy atom. The number of phenols is 1. The van der Waals surface area contributed by atoms with Gasteiger partial charge < -0.3 is 5.11 Å². The van der Waals surface area contributed by atoms with Gasteiger partial charge in [0.25, 0.3) is 0 Å². The lowest BCUT2D eigenvalue weighted by Crippen LogP contribution is -2.13. The smallest absolute Gasteiger partial charge is 0.167 e. The maximum absolute atomic E-state index is 12.7. The van der Waals surface area contributed by atoms with Crippen LogP contribution in [0.4, 0.5) is 0 Å². The van der Waals surface area contributed by atoms with Crippen molar-refractivity contribution in [3.05, 3.63) is 90.0 Å². The van der Waals surface area contributed by atoms with E-state index in [1.54, 1.807) is 6.07 Å². The number of carbonyl (C=O) groups excluding carboxylic acids is 1. The van der Waals surface area contributed by atoms with Crippen molar-refractivity contribution in [1.29, 1.82) is 0 Å². The van der Waals surface area contributed by atoms with Gasteiger partial charge in [0.1, 0.15) is 5.75 Å². The second kappa shape index (κ2) is 5.57. The molecule has 4 aromatic carbocycles. The van der Waals surface area contributed by atoms with Crippen LogP contribution < -0.4 is 0 Å². The molecule has 0 radical (unpaired) electrons. The topological polar surface area (TPSA) is 37.3 Å². The molecule has 0 unspecified atom stereocenters. The third kappa shape index (κ3) is 2.09. The molecular weight excluding hydrogens is 320 g/mol. The molecule has 0 aliphatic heterocycles. The lowest BCUT2D eigenvalue weighted by Gasteiger charge is -2.22. The molecule has 2 nitrogen and oxygen atoms in total.